The van der Waals surface area contributed by atoms with E-state index < -0.39 is 5.41 Å². The molecule has 1 aromatic heterocycles. The summed E-state index contributed by atoms with van der Waals surface area (Å²) in [7, 11) is 3.71. The molecule has 4 bridgehead atoms. The summed E-state index contributed by atoms with van der Waals surface area (Å²) in [5.74, 6) is 0.538. The molecule has 3 heterocycles. The molecule has 5 heteroatoms. The molecule has 0 radical (unpaired) electrons. The SMILES string of the molecule is COC(=O)C12COCCC3C(c4c1[nH]c1ccccc41)N(C)CCC32. The molecule has 4 unspecified atom stereocenters. The number of H-pyrrole nitrogens is 1. The smallest absolute Gasteiger partial charge is 0.320 e. The monoisotopic (exact) mass is 340 g/mol. The van der Waals surface area contributed by atoms with Crippen molar-refractivity contribution in [1.82, 2.24) is 9.88 Å². The van der Waals surface area contributed by atoms with Crippen molar-refractivity contribution in [3.8, 4) is 0 Å². The number of piperidine rings is 1. The van der Waals surface area contributed by atoms with Gasteiger partial charge in [-0.15, -0.1) is 0 Å². The van der Waals surface area contributed by atoms with Crippen LogP contribution < -0.4 is 0 Å². The molecule has 0 amide bonds. The van der Waals surface area contributed by atoms with Crippen molar-refractivity contribution < 1.29 is 14.3 Å². The first kappa shape index (κ1) is 15.4. The van der Waals surface area contributed by atoms with Crippen LogP contribution in [-0.2, 0) is 19.7 Å². The van der Waals surface area contributed by atoms with Crippen LogP contribution >= 0.6 is 0 Å². The molecular weight excluding hydrogens is 316 g/mol. The maximum Gasteiger partial charge on any atom is 0.320 e. The summed E-state index contributed by atoms with van der Waals surface area (Å²) in [6, 6.07) is 8.73. The van der Waals surface area contributed by atoms with Crippen LogP contribution in [-0.4, -0.2) is 49.8 Å². The third kappa shape index (κ3) is 1.83. The van der Waals surface area contributed by atoms with E-state index in [1.165, 1.54) is 18.1 Å². The van der Waals surface area contributed by atoms with Gasteiger partial charge in [0, 0.05) is 29.2 Å². The number of rotatable bonds is 1. The highest BCUT2D eigenvalue weighted by molar-refractivity contribution is 5.92. The van der Waals surface area contributed by atoms with Gasteiger partial charge in [-0.25, -0.2) is 0 Å². The molecular formula is C20H24N2O3. The van der Waals surface area contributed by atoms with Crippen molar-refractivity contribution in [2.45, 2.75) is 24.3 Å². The summed E-state index contributed by atoms with van der Waals surface area (Å²) >= 11 is 0. The number of ether oxygens (including phenoxy) is 2. The van der Waals surface area contributed by atoms with E-state index in [0.29, 0.717) is 25.2 Å². The summed E-state index contributed by atoms with van der Waals surface area (Å²) in [5.41, 5.74) is 2.71. The minimum Gasteiger partial charge on any atom is -0.468 e. The standard InChI is InChI=1S/C20H24N2O3/c1-22-9-7-14-12-8-10-25-11-20(14,19(23)24-2)18-16(17(12)22)13-5-3-4-6-15(13)21-18/h3-6,12,14,17,21H,7-11H2,1-2H3. The molecule has 132 valence electrons. The molecule has 0 saturated carbocycles. The van der Waals surface area contributed by atoms with Crippen molar-refractivity contribution >= 4 is 16.9 Å². The predicted molar refractivity (Wildman–Crippen MR) is 94.4 cm³/mol. The van der Waals surface area contributed by atoms with Gasteiger partial charge in [-0.1, -0.05) is 18.2 Å². The van der Waals surface area contributed by atoms with Gasteiger partial charge in [-0.3, -0.25) is 9.69 Å². The van der Waals surface area contributed by atoms with Crippen LogP contribution in [0.1, 0.15) is 30.1 Å². The second-order valence-electron chi connectivity index (χ2n) is 7.75. The lowest BCUT2D eigenvalue weighted by molar-refractivity contribution is -0.156. The molecule has 5 nitrogen and oxygen atoms in total. The van der Waals surface area contributed by atoms with Crippen LogP contribution in [0.15, 0.2) is 24.3 Å². The first-order chi connectivity index (χ1) is 12.2. The van der Waals surface area contributed by atoms with Crippen LogP contribution in [0.5, 0.6) is 0 Å². The van der Waals surface area contributed by atoms with E-state index in [4.69, 9.17) is 9.47 Å². The second kappa shape index (κ2) is 5.32. The Morgan fingerprint density at radius 2 is 2.20 bits per heavy atom. The number of hydrogen-bond acceptors (Lipinski definition) is 4. The van der Waals surface area contributed by atoms with Crippen molar-refractivity contribution in [3.05, 3.63) is 35.5 Å². The fourth-order valence-electron chi connectivity index (χ4n) is 5.78. The molecule has 2 aliphatic heterocycles. The van der Waals surface area contributed by atoms with Gasteiger partial charge in [-0.05, 0) is 49.9 Å². The zero-order valence-corrected chi connectivity index (χ0v) is 14.7. The maximum absolute atomic E-state index is 13.1. The number of para-hydroxylation sites is 1. The molecule has 2 fully saturated rings. The van der Waals surface area contributed by atoms with E-state index in [0.717, 1.165) is 30.6 Å². The Kier molecular flexibility index (Phi) is 3.28. The lowest BCUT2D eigenvalue weighted by atomic mass is 9.56. The summed E-state index contributed by atoms with van der Waals surface area (Å²) in [5, 5.41) is 1.23. The number of hydrogen-bond donors (Lipinski definition) is 1. The maximum atomic E-state index is 13.1. The number of nitrogens with zero attached hydrogens (tertiary/aromatic N) is 1. The molecule has 0 spiro atoms. The highest BCUT2D eigenvalue weighted by Gasteiger charge is 2.61. The Morgan fingerprint density at radius 1 is 1.36 bits per heavy atom. The zero-order valence-electron chi connectivity index (χ0n) is 14.7. The fourth-order valence-corrected chi connectivity index (χ4v) is 5.78. The van der Waals surface area contributed by atoms with Crippen LogP contribution in [0.3, 0.4) is 0 Å². The van der Waals surface area contributed by atoms with Crippen molar-refractivity contribution in [3.63, 3.8) is 0 Å². The lowest BCUT2D eigenvalue weighted by Crippen LogP contribution is -2.58. The first-order valence-corrected chi connectivity index (χ1v) is 9.16. The Labute approximate surface area is 147 Å². The molecule has 25 heavy (non-hydrogen) atoms. The normalized spacial score (nSPS) is 34.4. The third-order valence-electron chi connectivity index (χ3n) is 6.79. The van der Waals surface area contributed by atoms with E-state index in [9.17, 15) is 4.79 Å². The second-order valence-corrected chi connectivity index (χ2v) is 7.75. The van der Waals surface area contributed by atoms with Crippen molar-refractivity contribution in [2.24, 2.45) is 11.8 Å². The van der Waals surface area contributed by atoms with Gasteiger partial charge in [0.05, 0.1) is 13.7 Å². The molecule has 5 rings (SSSR count). The Balaban J connectivity index is 1.88. The number of likely N-dealkylation sites (tertiary alicyclic amines) is 1. The Bertz CT molecular complexity index is 845. The highest BCUT2D eigenvalue weighted by Crippen LogP contribution is 2.58. The van der Waals surface area contributed by atoms with Crippen LogP contribution in [0.25, 0.3) is 10.9 Å². The van der Waals surface area contributed by atoms with Gasteiger partial charge >= 0.3 is 5.97 Å². The molecule has 1 aromatic carbocycles. The average Bonchev–Trinajstić information content (AvgIpc) is 2.93. The molecule has 2 saturated heterocycles. The van der Waals surface area contributed by atoms with Gasteiger partial charge in [0.1, 0.15) is 5.41 Å². The summed E-state index contributed by atoms with van der Waals surface area (Å²) in [6.07, 6.45) is 2.00. The van der Waals surface area contributed by atoms with Gasteiger partial charge in [0.25, 0.3) is 0 Å². The minimum atomic E-state index is -0.706. The lowest BCUT2D eigenvalue weighted by Gasteiger charge is -2.53. The molecule has 4 atom stereocenters. The van der Waals surface area contributed by atoms with E-state index in [-0.39, 0.29) is 11.9 Å². The van der Waals surface area contributed by atoms with E-state index in [2.05, 4.69) is 35.1 Å². The number of nitrogens with one attached hydrogen (secondary N) is 1. The van der Waals surface area contributed by atoms with Crippen molar-refractivity contribution in [2.75, 3.05) is 33.9 Å². The number of aromatic amines is 1. The van der Waals surface area contributed by atoms with Gasteiger partial charge in [0.15, 0.2) is 0 Å². The van der Waals surface area contributed by atoms with Gasteiger partial charge in [-0.2, -0.15) is 0 Å². The topological polar surface area (TPSA) is 54.6 Å². The number of fused-ring (bicyclic) bond motifs is 5. The molecule has 2 aromatic rings. The van der Waals surface area contributed by atoms with Crippen LogP contribution in [0.2, 0.25) is 0 Å². The molecule has 3 aliphatic rings. The number of carbonyl (C=O) groups is 1. The van der Waals surface area contributed by atoms with E-state index in [1.54, 1.807) is 0 Å². The van der Waals surface area contributed by atoms with Gasteiger partial charge in [0.2, 0.25) is 0 Å². The van der Waals surface area contributed by atoms with E-state index in [1.807, 2.05) is 6.07 Å². The average molecular weight is 340 g/mol. The Hall–Kier alpha value is -1.85. The number of aromatic nitrogens is 1. The van der Waals surface area contributed by atoms with E-state index >= 15 is 0 Å². The number of carbonyl (C=O) groups excluding carboxylic acids is 1. The molecule has 1 aliphatic carbocycles. The highest BCUT2D eigenvalue weighted by atomic mass is 16.5. The number of benzene rings is 1. The van der Waals surface area contributed by atoms with Crippen LogP contribution in [0.4, 0.5) is 0 Å². The predicted octanol–water partition coefficient (Wildman–Crippen LogP) is 2.62. The van der Waals surface area contributed by atoms with Gasteiger partial charge < -0.3 is 14.5 Å². The summed E-state index contributed by atoms with van der Waals surface area (Å²) < 4.78 is 11.3. The first-order valence-electron chi connectivity index (χ1n) is 9.16. The summed E-state index contributed by atoms with van der Waals surface area (Å²) in [4.78, 5) is 19.2. The fraction of sp³-hybridized carbons (Fsp3) is 0.550. The summed E-state index contributed by atoms with van der Waals surface area (Å²) in [6.45, 7) is 2.13. The number of esters is 1. The third-order valence-corrected chi connectivity index (χ3v) is 6.79. The van der Waals surface area contributed by atoms with Crippen molar-refractivity contribution in [1.29, 1.82) is 0 Å². The quantitative estimate of drug-likeness (QED) is 0.811. The largest absolute Gasteiger partial charge is 0.468 e. The zero-order chi connectivity index (χ0) is 17.2. The Morgan fingerprint density at radius 3 is 3.04 bits per heavy atom. The van der Waals surface area contributed by atoms with Crippen LogP contribution in [0, 0.1) is 11.8 Å². The minimum absolute atomic E-state index is 0.153. The number of methoxy groups -OCH3 is 1. The molecule has 1 N–H and O–H groups in total.